The van der Waals surface area contributed by atoms with Crippen molar-refractivity contribution in [2.45, 2.75) is 57.9 Å². The quantitative estimate of drug-likeness (QED) is 0.755. The average Bonchev–Trinajstić information content (AvgIpc) is 2.46. The maximum Gasteiger partial charge on any atom is 0.154 e. The Bertz CT molecular complexity index is 413. The minimum Gasteiger partial charge on any atom is -0.303 e. The van der Waals surface area contributed by atoms with Crippen LogP contribution in [-0.2, 0) is 11.2 Å². The lowest BCUT2D eigenvalue weighted by molar-refractivity contribution is -0.121. The van der Waals surface area contributed by atoms with Gasteiger partial charge < -0.3 is 5.32 Å². The first kappa shape index (κ1) is 14.3. The molecule has 1 aromatic carbocycles. The molecule has 1 N–H and O–H groups in total. The number of Topliss-reactive ketones (excluding diaryl/α,β-unsaturated/α-hetero) is 1. The molecule has 104 valence electrons. The van der Waals surface area contributed by atoms with Crippen molar-refractivity contribution in [3.63, 3.8) is 0 Å². The van der Waals surface area contributed by atoms with E-state index in [-0.39, 0.29) is 6.04 Å². The molecule has 0 aliphatic carbocycles. The summed E-state index contributed by atoms with van der Waals surface area (Å²) in [4.78, 5) is 12.3. The highest BCUT2D eigenvalue weighted by Crippen LogP contribution is 2.24. The van der Waals surface area contributed by atoms with Gasteiger partial charge in [0.2, 0.25) is 0 Å². The summed E-state index contributed by atoms with van der Waals surface area (Å²) in [6, 6.07) is 8.29. The number of rotatable bonds is 7. The van der Waals surface area contributed by atoms with E-state index in [0.717, 1.165) is 25.8 Å². The smallest absolute Gasteiger partial charge is 0.154 e. The summed E-state index contributed by atoms with van der Waals surface area (Å²) in [6.45, 7) is 3.14. The Hall–Kier alpha value is -1.15. The topological polar surface area (TPSA) is 29.1 Å². The van der Waals surface area contributed by atoms with Crippen LogP contribution in [0.5, 0.6) is 0 Å². The number of fused-ring (bicyclic) bond motifs is 1. The number of carbonyl (C=O) groups is 1. The third-order valence-corrected chi connectivity index (χ3v) is 3.96. The second-order valence-corrected chi connectivity index (χ2v) is 5.47. The van der Waals surface area contributed by atoms with Gasteiger partial charge in [-0.15, -0.1) is 0 Å². The molecule has 0 bridgehead atoms. The molecule has 0 amide bonds. The van der Waals surface area contributed by atoms with Crippen LogP contribution in [0, 0.1) is 0 Å². The zero-order chi connectivity index (χ0) is 13.5. The molecule has 0 radical (unpaired) electrons. The second kappa shape index (κ2) is 7.44. The van der Waals surface area contributed by atoms with Crippen LogP contribution in [0.1, 0.15) is 62.6 Å². The molecule has 0 saturated carbocycles. The molecule has 1 aromatic rings. The first-order valence-corrected chi connectivity index (χ1v) is 7.67. The van der Waals surface area contributed by atoms with E-state index in [1.54, 1.807) is 0 Å². The highest BCUT2D eigenvalue weighted by Gasteiger charge is 2.24. The summed E-state index contributed by atoms with van der Waals surface area (Å²) in [6.07, 6.45) is 7.79. The number of carbonyl (C=O) groups excluding carboxylic acids is 1. The highest BCUT2D eigenvalue weighted by molar-refractivity contribution is 5.86. The molecule has 1 aliphatic heterocycles. The molecule has 0 fully saturated rings. The predicted molar refractivity (Wildman–Crippen MR) is 79.3 cm³/mol. The van der Waals surface area contributed by atoms with E-state index in [1.165, 1.54) is 36.8 Å². The second-order valence-electron chi connectivity index (χ2n) is 5.47. The number of nitrogens with one attached hydrogen (secondary N) is 1. The lowest BCUT2D eigenvalue weighted by Gasteiger charge is -2.25. The van der Waals surface area contributed by atoms with E-state index >= 15 is 0 Å². The van der Waals surface area contributed by atoms with Gasteiger partial charge in [0.15, 0.2) is 5.78 Å². The Labute approximate surface area is 116 Å². The average molecular weight is 259 g/mol. The Morgan fingerprint density at radius 3 is 2.84 bits per heavy atom. The van der Waals surface area contributed by atoms with E-state index in [2.05, 4.69) is 30.4 Å². The lowest BCUT2D eigenvalue weighted by atomic mass is 9.90. The number of ketones is 1. The number of hydrogen-bond donors (Lipinski definition) is 1. The van der Waals surface area contributed by atoms with Crippen molar-refractivity contribution in [1.29, 1.82) is 0 Å². The maximum atomic E-state index is 12.3. The molecular weight excluding hydrogens is 234 g/mol. The van der Waals surface area contributed by atoms with Gasteiger partial charge in [-0.2, -0.15) is 0 Å². The monoisotopic (exact) mass is 259 g/mol. The highest BCUT2D eigenvalue weighted by atomic mass is 16.1. The molecule has 1 atom stereocenters. The third kappa shape index (κ3) is 3.90. The first-order valence-electron chi connectivity index (χ1n) is 7.67. The van der Waals surface area contributed by atoms with Gasteiger partial charge in [0.05, 0.1) is 6.04 Å². The van der Waals surface area contributed by atoms with Gasteiger partial charge in [0.25, 0.3) is 0 Å². The number of benzene rings is 1. The molecule has 1 aliphatic rings. The van der Waals surface area contributed by atoms with Crippen LogP contribution in [0.3, 0.4) is 0 Å². The van der Waals surface area contributed by atoms with Crippen molar-refractivity contribution < 1.29 is 4.79 Å². The van der Waals surface area contributed by atoms with Crippen molar-refractivity contribution in [2.75, 3.05) is 6.54 Å². The Morgan fingerprint density at radius 2 is 2.00 bits per heavy atom. The van der Waals surface area contributed by atoms with E-state index in [0.29, 0.717) is 5.78 Å². The standard InChI is InChI=1S/C17H25NO/c1-2-3-4-5-6-11-16(19)17-15-10-8-7-9-14(15)12-13-18-17/h7-10,17-18H,2-6,11-13H2,1H3. The van der Waals surface area contributed by atoms with E-state index in [4.69, 9.17) is 0 Å². The van der Waals surface area contributed by atoms with Gasteiger partial charge in [0, 0.05) is 13.0 Å². The van der Waals surface area contributed by atoms with Crippen LogP contribution in [0.25, 0.3) is 0 Å². The summed E-state index contributed by atoms with van der Waals surface area (Å²) >= 11 is 0. The van der Waals surface area contributed by atoms with Gasteiger partial charge >= 0.3 is 0 Å². The summed E-state index contributed by atoms with van der Waals surface area (Å²) in [5, 5.41) is 3.38. The van der Waals surface area contributed by atoms with Crippen molar-refractivity contribution in [3.05, 3.63) is 35.4 Å². The first-order chi connectivity index (χ1) is 9.33. The minimum absolute atomic E-state index is 0.0591. The van der Waals surface area contributed by atoms with Crippen LogP contribution < -0.4 is 5.32 Å². The zero-order valence-electron chi connectivity index (χ0n) is 12.0. The van der Waals surface area contributed by atoms with Crippen LogP contribution >= 0.6 is 0 Å². The van der Waals surface area contributed by atoms with Gasteiger partial charge in [0.1, 0.15) is 0 Å². The molecule has 0 aromatic heterocycles. The van der Waals surface area contributed by atoms with E-state index < -0.39 is 0 Å². The SMILES string of the molecule is CCCCCCCC(=O)C1NCCc2ccccc21. The molecule has 1 heterocycles. The molecule has 0 saturated heterocycles. The molecule has 1 unspecified atom stereocenters. The largest absolute Gasteiger partial charge is 0.303 e. The van der Waals surface area contributed by atoms with Gasteiger partial charge in [-0.1, -0.05) is 56.9 Å². The van der Waals surface area contributed by atoms with Crippen LogP contribution in [0.15, 0.2) is 24.3 Å². The molecule has 2 nitrogen and oxygen atoms in total. The van der Waals surface area contributed by atoms with Crippen LogP contribution in [-0.4, -0.2) is 12.3 Å². The number of unbranched alkanes of at least 4 members (excludes halogenated alkanes) is 4. The molecular formula is C17H25NO. The van der Waals surface area contributed by atoms with Gasteiger partial charge in [-0.05, 0) is 24.0 Å². The molecule has 0 spiro atoms. The Balaban J connectivity index is 1.86. The van der Waals surface area contributed by atoms with Crippen molar-refractivity contribution in [1.82, 2.24) is 5.32 Å². The van der Waals surface area contributed by atoms with Crippen molar-refractivity contribution in [2.24, 2.45) is 0 Å². The Morgan fingerprint density at radius 1 is 1.21 bits per heavy atom. The number of hydrogen-bond acceptors (Lipinski definition) is 2. The fraction of sp³-hybridized carbons (Fsp3) is 0.588. The summed E-state index contributed by atoms with van der Waals surface area (Å²) < 4.78 is 0. The van der Waals surface area contributed by atoms with Crippen LogP contribution in [0.4, 0.5) is 0 Å². The maximum absolute atomic E-state index is 12.3. The normalized spacial score (nSPS) is 18.1. The zero-order valence-corrected chi connectivity index (χ0v) is 12.0. The van der Waals surface area contributed by atoms with Crippen LogP contribution in [0.2, 0.25) is 0 Å². The van der Waals surface area contributed by atoms with E-state index in [1.807, 2.05) is 6.07 Å². The minimum atomic E-state index is -0.0591. The summed E-state index contributed by atoms with van der Waals surface area (Å²) in [5.74, 6) is 0.364. The molecule has 2 heteroatoms. The van der Waals surface area contributed by atoms with Gasteiger partial charge in [-0.25, -0.2) is 0 Å². The third-order valence-electron chi connectivity index (χ3n) is 3.96. The van der Waals surface area contributed by atoms with Crippen molar-refractivity contribution >= 4 is 5.78 Å². The predicted octanol–water partition coefficient (Wildman–Crippen LogP) is 3.80. The van der Waals surface area contributed by atoms with Crippen molar-refractivity contribution in [3.8, 4) is 0 Å². The lowest BCUT2D eigenvalue weighted by Crippen LogP contribution is -2.35. The Kier molecular flexibility index (Phi) is 5.59. The molecule has 19 heavy (non-hydrogen) atoms. The fourth-order valence-corrected chi connectivity index (χ4v) is 2.84. The molecule has 2 rings (SSSR count). The fourth-order valence-electron chi connectivity index (χ4n) is 2.84. The summed E-state index contributed by atoms with van der Waals surface area (Å²) in [7, 11) is 0. The summed E-state index contributed by atoms with van der Waals surface area (Å²) in [5.41, 5.74) is 2.54. The van der Waals surface area contributed by atoms with Gasteiger partial charge in [-0.3, -0.25) is 4.79 Å². The van der Waals surface area contributed by atoms with E-state index in [9.17, 15) is 4.79 Å².